The molecule has 2 heterocycles. The average Bonchev–Trinajstić information content (AvgIpc) is 3.42. The number of nitrogens with one attached hydrogen (secondary N) is 2. The van der Waals surface area contributed by atoms with E-state index >= 15 is 0 Å². The van der Waals surface area contributed by atoms with Crippen LogP contribution in [0.3, 0.4) is 0 Å². The highest BCUT2D eigenvalue weighted by atomic mass is 32.2. The molecule has 1 amide bonds. The molecule has 14 heteroatoms. The number of hydrazone groups is 2. The first kappa shape index (κ1) is 25.8. The summed E-state index contributed by atoms with van der Waals surface area (Å²) in [6.07, 6.45) is 1.34. The molecule has 6 N–H and O–H groups in total. The Morgan fingerprint density at radius 3 is 2.63 bits per heavy atom. The molecule has 4 rings (SSSR count). The molecule has 4 unspecified atom stereocenters. The molecule has 2 fully saturated rings. The van der Waals surface area contributed by atoms with Gasteiger partial charge in [-0.3, -0.25) is 9.80 Å². The van der Waals surface area contributed by atoms with Crippen molar-refractivity contribution in [3.05, 3.63) is 11.6 Å². The van der Waals surface area contributed by atoms with Gasteiger partial charge in [0.1, 0.15) is 15.7 Å². The summed E-state index contributed by atoms with van der Waals surface area (Å²) in [6.45, 7) is 4.06. The van der Waals surface area contributed by atoms with E-state index in [1.807, 2.05) is 13.8 Å². The van der Waals surface area contributed by atoms with Crippen LogP contribution in [0.4, 0.5) is 18.8 Å². The number of hydrogen-bond donors (Lipinski definition) is 4. The van der Waals surface area contributed by atoms with Crippen LogP contribution in [-0.4, -0.2) is 56.6 Å². The van der Waals surface area contributed by atoms with Crippen LogP contribution in [0.1, 0.15) is 56.3 Å². The number of nitrogens with two attached hydrogens (primary N) is 2. The van der Waals surface area contributed by atoms with Gasteiger partial charge in [0, 0.05) is 17.8 Å². The minimum Gasteiger partial charge on any atom is -0.373 e. The van der Waals surface area contributed by atoms with Crippen LogP contribution in [-0.2, 0) is 10.0 Å². The van der Waals surface area contributed by atoms with Crippen LogP contribution in [0.15, 0.2) is 16.3 Å². The highest BCUT2D eigenvalue weighted by Gasteiger charge is 2.51. The third-order valence-electron chi connectivity index (χ3n) is 6.77. The highest BCUT2D eigenvalue weighted by Crippen LogP contribution is 2.47. The molecule has 1 aromatic heterocycles. The lowest BCUT2D eigenvalue weighted by Gasteiger charge is -2.40. The minimum atomic E-state index is -3.32. The summed E-state index contributed by atoms with van der Waals surface area (Å²) in [5.41, 5.74) is 5.87. The fraction of sp³-hybridized carbons (Fsp3) is 0.667. The predicted octanol–water partition coefficient (Wildman–Crippen LogP) is 2.29. The van der Waals surface area contributed by atoms with Crippen LogP contribution in [0.2, 0.25) is 0 Å². The highest BCUT2D eigenvalue weighted by molar-refractivity contribution is 7.88. The summed E-state index contributed by atoms with van der Waals surface area (Å²) in [6, 6.07) is 0.892. The van der Waals surface area contributed by atoms with Crippen LogP contribution in [0.5, 0.6) is 0 Å². The predicted molar refractivity (Wildman–Crippen MR) is 134 cm³/mol. The molecule has 0 saturated heterocycles. The summed E-state index contributed by atoms with van der Waals surface area (Å²) in [5.74, 6) is 4.25. The Labute approximate surface area is 207 Å². The van der Waals surface area contributed by atoms with Gasteiger partial charge in [-0.05, 0) is 43.6 Å². The standard InChI is InChI=1S/C21H31F2N7O3S2/c1-21(2)8-13(27-25)16-14(9-21)30(28-17(16)18(22)23)15-7-12(19(24)31)20(34-15)26-10-4-5-11(6-10)29-35(3,32)33/h7,10-11,14,16,18,26,29H,4-6,8-9,25H2,1-3H3,(H2,24,31)/b27-13+. The Balaban J connectivity index is 1.63. The van der Waals surface area contributed by atoms with Crippen molar-refractivity contribution in [2.75, 3.05) is 16.6 Å². The number of anilines is 2. The van der Waals surface area contributed by atoms with Gasteiger partial charge < -0.3 is 16.9 Å². The Morgan fingerprint density at radius 2 is 2.03 bits per heavy atom. The second-order valence-corrected chi connectivity index (χ2v) is 13.1. The second-order valence-electron chi connectivity index (χ2n) is 10.3. The molecule has 10 nitrogen and oxygen atoms in total. The maximum absolute atomic E-state index is 14.0. The topological polar surface area (TPSA) is 155 Å². The largest absolute Gasteiger partial charge is 0.373 e. The van der Waals surface area contributed by atoms with E-state index in [4.69, 9.17) is 11.6 Å². The zero-order valence-corrected chi connectivity index (χ0v) is 21.4. The summed E-state index contributed by atoms with van der Waals surface area (Å²) in [7, 11) is -3.32. The molecular weight excluding hydrogens is 500 g/mol. The molecule has 3 aliphatic rings. The van der Waals surface area contributed by atoms with E-state index in [1.165, 1.54) is 11.3 Å². The number of thiophene rings is 1. The Bertz CT molecular complexity index is 1170. The lowest BCUT2D eigenvalue weighted by molar-refractivity contribution is 0.100. The number of hydrogen-bond acceptors (Lipinski definition) is 9. The fourth-order valence-corrected chi connectivity index (χ4v) is 7.41. The number of rotatable bonds is 7. The van der Waals surface area contributed by atoms with Crippen LogP contribution >= 0.6 is 11.3 Å². The molecule has 1 aromatic rings. The number of fused-ring (bicyclic) bond motifs is 1. The first-order valence-corrected chi connectivity index (χ1v) is 14.1. The smallest absolute Gasteiger partial charge is 0.279 e. The Morgan fingerprint density at radius 1 is 1.34 bits per heavy atom. The van der Waals surface area contributed by atoms with Crippen molar-refractivity contribution in [3.8, 4) is 0 Å². The van der Waals surface area contributed by atoms with Gasteiger partial charge in [-0.25, -0.2) is 21.9 Å². The van der Waals surface area contributed by atoms with Crippen LogP contribution < -0.4 is 26.6 Å². The van der Waals surface area contributed by atoms with Gasteiger partial charge in [0.25, 0.3) is 12.3 Å². The maximum atomic E-state index is 14.0. The molecule has 35 heavy (non-hydrogen) atoms. The second kappa shape index (κ2) is 9.28. The van der Waals surface area contributed by atoms with Crippen molar-refractivity contribution < 1.29 is 22.0 Å². The number of halogens is 2. The summed E-state index contributed by atoms with van der Waals surface area (Å²) in [5, 5.41) is 14.0. The molecule has 194 valence electrons. The zero-order valence-electron chi connectivity index (χ0n) is 19.8. The molecule has 0 radical (unpaired) electrons. The van der Waals surface area contributed by atoms with E-state index in [-0.39, 0.29) is 28.8 Å². The number of sulfonamides is 1. The van der Waals surface area contributed by atoms with E-state index in [9.17, 15) is 22.0 Å². The minimum absolute atomic E-state index is 0.0742. The van der Waals surface area contributed by atoms with Gasteiger partial charge in [0.05, 0.1) is 23.8 Å². The molecule has 0 aromatic carbocycles. The van der Waals surface area contributed by atoms with Crippen molar-refractivity contribution in [1.82, 2.24) is 4.72 Å². The van der Waals surface area contributed by atoms with E-state index in [0.29, 0.717) is 47.8 Å². The molecule has 2 saturated carbocycles. The van der Waals surface area contributed by atoms with Crippen molar-refractivity contribution >= 4 is 48.7 Å². The monoisotopic (exact) mass is 531 g/mol. The van der Waals surface area contributed by atoms with Crippen molar-refractivity contribution in [2.24, 2.45) is 33.1 Å². The summed E-state index contributed by atoms with van der Waals surface area (Å²) in [4.78, 5) is 12.2. The van der Waals surface area contributed by atoms with E-state index in [0.717, 1.165) is 6.26 Å². The first-order valence-electron chi connectivity index (χ1n) is 11.4. The molecule has 4 atom stereocenters. The number of nitrogens with zero attached hydrogens (tertiary/aromatic N) is 3. The van der Waals surface area contributed by atoms with Crippen molar-refractivity contribution in [1.29, 1.82) is 0 Å². The van der Waals surface area contributed by atoms with Crippen molar-refractivity contribution in [2.45, 2.75) is 70.5 Å². The number of carbonyl (C=O) groups excluding carboxylic acids is 1. The number of primary amides is 1. The van der Waals surface area contributed by atoms with Gasteiger partial charge in [-0.15, -0.1) is 0 Å². The lowest BCUT2D eigenvalue weighted by atomic mass is 9.68. The lowest BCUT2D eigenvalue weighted by Crippen LogP contribution is -2.48. The van der Waals surface area contributed by atoms with Crippen LogP contribution in [0, 0.1) is 11.3 Å². The number of amides is 1. The molecule has 1 aliphatic heterocycles. The quantitative estimate of drug-likeness (QED) is 0.313. The van der Waals surface area contributed by atoms with E-state index in [1.54, 1.807) is 11.1 Å². The first-order chi connectivity index (χ1) is 16.3. The fourth-order valence-electron chi connectivity index (χ4n) is 5.44. The average molecular weight is 532 g/mol. The number of carbonyl (C=O) groups is 1. The van der Waals surface area contributed by atoms with E-state index in [2.05, 4.69) is 20.2 Å². The Hall–Kier alpha value is -2.32. The third kappa shape index (κ3) is 5.43. The van der Waals surface area contributed by atoms with E-state index < -0.39 is 34.3 Å². The molecule has 2 aliphatic carbocycles. The zero-order chi connectivity index (χ0) is 25.7. The SMILES string of the molecule is CC1(C)C/C(=N\N)C2C(C(F)F)=NN(c3cc(C(N)=O)c(NC4CCC(NS(C)(=O)=O)C4)s3)C2C1. The van der Waals surface area contributed by atoms with Gasteiger partial charge >= 0.3 is 0 Å². The van der Waals surface area contributed by atoms with Gasteiger partial charge in [0.15, 0.2) is 0 Å². The Kier molecular flexibility index (Phi) is 6.83. The normalized spacial score (nSPS) is 29.5. The van der Waals surface area contributed by atoms with Gasteiger partial charge in [-0.1, -0.05) is 25.2 Å². The molecular formula is C21H31F2N7O3S2. The van der Waals surface area contributed by atoms with Crippen molar-refractivity contribution in [3.63, 3.8) is 0 Å². The molecule has 0 spiro atoms. The number of alkyl halides is 2. The van der Waals surface area contributed by atoms with Gasteiger partial charge in [-0.2, -0.15) is 10.2 Å². The van der Waals surface area contributed by atoms with Crippen LogP contribution in [0.25, 0.3) is 0 Å². The summed E-state index contributed by atoms with van der Waals surface area (Å²) >= 11 is 1.22. The van der Waals surface area contributed by atoms with Gasteiger partial charge in [0.2, 0.25) is 10.0 Å². The maximum Gasteiger partial charge on any atom is 0.279 e. The molecule has 0 bridgehead atoms. The summed E-state index contributed by atoms with van der Waals surface area (Å²) < 4.78 is 53.6. The third-order valence-corrected chi connectivity index (χ3v) is 8.59.